The molecule has 2 aromatic rings. The van der Waals surface area contributed by atoms with Crippen LogP contribution in [0.25, 0.3) is 0 Å². The Balaban J connectivity index is 1.60. The normalized spacial score (nSPS) is 16.2. The average Bonchev–Trinajstić information content (AvgIpc) is 2.82. The Labute approximate surface area is 151 Å². The van der Waals surface area contributed by atoms with Crippen LogP contribution >= 0.6 is 0 Å². The molecule has 26 heavy (non-hydrogen) atoms. The Morgan fingerprint density at radius 1 is 0.962 bits per heavy atom. The Morgan fingerprint density at radius 2 is 1.81 bits per heavy atom. The Kier molecular flexibility index (Phi) is 4.29. The molecule has 1 N–H and O–H groups in total. The molecule has 4 rings (SSSR count). The van der Waals surface area contributed by atoms with E-state index in [4.69, 9.17) is 4.74 Å². The molecule has 0 fully saturated rings. The van der Waals surface area contributed by atoms with Crippen molar-refractivity contribution in [2.24, 2.45) is 0 Å². The molecule has 2 aliphatic rings. The lowest BCUT2D eigenvalue weighted by molar-refractivity contribution is -0.116. The number of esters is 1. The molecule has 1 aliphatic carbocycles. The van der Waals surface area contributed by atoms with E-state index in [2.05, 4.69) is 5.32 Å². The number of aryl methyl sites for hydroxylation is 1. The number of ketones is 1. The fraction of sp³-hybridized carbons (Fsp3) is 0.286. The molecule has 1 aliphatic heterocycles. The first-order valence-electron chi connectivity index (χ1n) is 8.92. The van der Waals surface area contributed by atoms with Crippen LogP contribution in [0.15, 0.2) is 36.4 Å². The fourth-order valence-corrected chi connectivity index (χ4v) is 3.60. The number of carbonyl (C=O) groups excluding carboxylic acids is 3. The van der Waals surface area contributed by atoms with Gasteiger partial charge >= 0.3 is 5.97 Å². The second-order valence-electron chi connectivity index (χ2n) is 6.72. The number of hydrogen-bond acceptors (Lipinski definition) is 4. The number of carbonyl (C=O) groups is 3. The highest BCUT2D eigenvalue weighted by atomic mass is 16.5. The van der Waals surface area contributed by atoms with Crippen molar-refractivity contribution in [3.8, 4) is 5.75 Å². The number of rotatable bonds is 2. The van der Waals surface area contributed by atoms with Crippen molar-refractivity contribution in [1.29, 1.82) is 0 Å². The van der Waals surface area contributed by atoms with Crippen LogP contribution in [0.2, 0.25) is 0 Å². The van der Waals surface area contributed by atoms with Crippen LogP contribution in [0.1, 0.15) is 57.5 Å². The molecule has 5 nitrogen and oxygen atoms in total. The van der Waals surface area contributed by atoms with Crippen LogP contribution in [0, 0.1) is 0 Å². The number of anilines is 1. The number of fused-ring (bicyclic) bond motifs is 2. The highest BCUT2D eigenvalue weighted by Crippen LogP contribution is 2.30. The molecule has 2 aromatic carbocycles. The summed E-state index contributed by atoms with van der Waals surface area (Å²) in [6, 6.07) is 10.5. The molecule has 0 radical (unpaired) electrons. The second-order valence-corrected chi connectivity index (χ2v) is 6.72. The molecule has 0 unspecified atom stereocenters. The first-order chi connectivity index (χ1) is 12.6. The van der Waals surface area contributed by atoms with Gasteiger partial charge in [-0.3, -0.25) is 9.59 Å². The predicted molar refractivity (Wildman–Crippen MR) is 96.7 cm³/mol. The molecule has 0 aromatic heterocycles. The zero-order valence-electron chi connectivity index (χ0n) is 14.3. The third-order valence-corrected chi connectivity index (χ3v) is 4.93. The molecule has 0 saturated carbocycles. The third-order valence-electron chi connectivity index (χ3n) is 4.93. The van der Waals surface area contributed by atoms with Crippen LogP contribution in [0.4, 0.5) is 5.69 Å². The lowest BCUT2D eigenvalue weighted by Gasteiger charge is -2.18. The monoisotopic (exact) mass is 349 g/mol. The number of amides is 1. The summed E-state index contributed by atoms with van der Waals surface area (Å²) in [6.07, 6.45) is 4.04. The second kappa shape index (κ2) is 6.75. The zero-order chi connectivity index (χ0) is 18.1. The maximum atomic E-state index is 12.6. The van der Waals surface area contributed by atoms with E-state index in [0.717, 1.165) is 42.5 Å². The van der Waals surface area contributed by atoms with E-state index in [-0.39, 0.29) is 11.7 Å². The summed E-state index contributed by atoms with van der Waals surface area (Å²) in [4.78, 5) is 36.3. The minimum absolute atomic E-state index is 0.000317. The number of nitrogens with one attached hydrogen (secondary N) is 1. The van der Waals surface area contributed by atoms with Crippen LogP contribution in [0.3, 0.4) is 0 Å². The first-order valence-corrected chi connectivity index (χ1v) is 8.92. The molecular formula is C21H19NO4. The van der Waals surface area contributed by atoms with Gasteiger partial charge in [0.2, 0.25) is 5.91 Å². The summed E-state index contributed by atoms with van der Waals surface area (Å²) >= 11 is 0. The largest absolute Gasteiger partial charge is 0.423 e. The number of ether oxygens (including phenoxy) is 1. The van der Waals surface area contributed by atoms with Crippen LogP contribution in [-0.4, -0.2) is 17.7 Å². The summed E-state index contributed by atoms with van der Waals surface area (Å²) in [5, 5.41) is 2.86. The highest BCUT2D eigenvalue weighted by molar-refractivity contribution is 6.00. The summed E-state index contributed by atoms with van der Waals surface area (Å²) < 4.78 is 5.61. The van der Waals surface area contributed by atoms with E-state index in [1.165, 1.54) is 0 Å². The van der Waals surface area contributed by atoms with Crippen molar-refractivity contribution < 1.29 is 19.1 Å². The Morgan fingerprint density at radius 3 is 2.69 bits per heavy atom. The van der Waals surface area contributed by atoms with Crippen LogP contribution in [-0.2, 0) is 17.6 Å². The van der Waals surface area contributed by atoms with Gasteiger partial charge < -0.3 is 10.1 Å². The van der Waals surface area contributed by atoms with Gasteiger partial charge in [-0.2, -0.15) is 0 Å². The van der Waals surface area contributed by atoms with Gasteiger partial charge in [0.15, 0.2) is 5.78 Å². The van der Waals surface area contributed by atoms with E-state index in [9.17, 15) is 14.4 Å². The molecule has 1 amide bonds. The lowest BCUT2D eigenvalue weighted by Crippen LogP contribution is -2.15. The molecule has 1 heterocycles. The zero-order valence-corrected chi connectivity index (χ0v) is 14.3. The summed E-state index contributed by atoms with van der Waals surface area (Å²) in [5.41, 5.74) is 3.62. The van der Waals surface area contributed by atoms with Gasteiger partial charge in [0.05, 0.1) is 5.56 Å². The van der Waals surface area contributed by atoms with Gasteiger partial charge in [-0.25, -0.2) is 4.79 Å². The Hall–Kier alpha value is -2.95. The van der Waals surface area contributed by atoms with E-state index < -0.39 is 5.97 Å². The fourth-order valence-electron chi connectivity index (χ4n) is 3.60. The topological polar surface area (TPSA) is 72.5 Å². The van der Waals surface area contributed by atoms with Crippen molar-refractivity contribution in [2.45, 2.75) is 38.5 Å². The van der Waals surface area contributed by atoms with Gasteiger partial charge in [0.1, 0.15) is 5.75 Å². The summed E-state index contributed by atoms with van der Waals surface area (Å²) in [5.74, 6) is 0.114. The smallest absolute Gasteiger partial charge is 0.343 e. The van der Waals surface area contributed by atoms with Crippen LogP contribution < -0.4 is 10.1 Å². The standard InChI is InChI=1S/C21H19NO4/c23-18-7-2-6-16-15(18)5-3-8-19(16)26-21(25)14-10-11-17-13(12-14)4-1-9-20(24)22-17/h3,5,8,10-12H,1-2,4,6-7,9H2,(H,22,24). The molecule has 5 heteroatoms. The predicted octanol–water partition coefficient (Wildman–Crippen LogP) is 3.70. The molecule has 0 spiro atoms. The third kappa shape index (κ3) is 3.12. The number of hydrogen-bond donors (Lipinski definition) is 1. The number of benzene rings is 2. The Bertz CT molecular complexity index is 916. The molecule has 0 bridgehead atoms. The maximum absolute atomic E-state index is 12.6. The van der Waals surface area contributed by atoms with Crippen LogP contribution in [0.5, 0.6) is 5.75 Å². The first kappa shape index (κ1) is 16.5. The van der Waals surface area contributed by atoms with Gasteiger partial charge in [0.25, 0.3) is 0 Å². The van der Waals surface area contributed by atoms with E-state index in [0.29, 0.717) is 29.7 Å². The molecule has 132 valence electrons. The van der Waals surface area contributed by atoms with Gasteiger partial charge in [-0.1, -0.05) is 12.1 Å². The quantitative estimate of drug-likeness (QED) is 0.663. The maximum Gasteiger partial charge on any atom is 0.343 e. The minimum Gasteiger partial charge on any atom is -0.423 e. The molecule has 0 atom stereocenters. The average molecular weight is 349 g/mol. The van der Waals surface area contributed by atoms with Crippen molar-refractivity contribution >= 4 is 23.3 Å². The van der Waals surface area contributed by atoms with Crippen molar-refractivity contribution in [2.75, 3.05) is 5.32 Å². The van der Waals surface area contributed by atoms with Gasteiger partial charge in [-0.15, -0.1) is 0 Å². The van der Waals surface area contributed by atoms with E-state index in [1.807, 2.05) is 0 Å². The molecular weight excluding hydrogens is 330 g/mol. The van der Waals surface area contributed by atoms with Crippen molar-refractivity contribution in [1.82, 2.24) is 0 Å². The summed E-state index contributed by atoms with van der Waals surface area (Å²) in [7, 11) is 0. The van der Waals surface area contributed by atoms with E-state index >= 15 is 0 Å². The van der Waals surface area contributed by atoms with Gasteiger partial charge in [-0.05, 0) is 55.5 Å². The van der Waals surface area contributed by atoms with Gasteiger partial charge in [0, 0.05) is 29.7 Å². The molecule has 0 saturated heterocycles. The van der Waals surface area contributed by atoms with Crippen molar-refractivity contribution in [3.63, 3.8) is 0 Å². The minimum atomic E-state index is -0.449. The SMILES string of the molecule is O=C1CCCc2cc(C(=O)Oc3cccc4c3CCCC4=O)ccc2N1. The van der Waals surface area contributed by atoms with E-state index in [1.54, 1.807) is 36.4 Å². The lowest BCUT2D eigenvalue weighted by atomic mass is 9.90. The number of Topliss-reactive ketones (excluding diaryl/α,β-unsaturated/α-hetero) is 1. The highest BCUT2D eigenvalue weighted by Gasteiger charge is 2.22. The van der Waals surface area contributed by atoms with Crippen molar-refractivity contribution in [3.05, 3.63) is 58.7 Å². The summed E-state index contributed by atoms with van der Waals surface area (Å²) in [6.45, 7) is 0.